The fraction of sp³-hybridized carbons (Fsp3) is 0.417. The van der Waals surface area contributed by atoms with Crippen LogP contribution < -0.4 is 0 Å². The van der Waals surface area contributed by atoms with Crippen LogP contribution in [0.1, 0.15) is 20.3 Å². The third kappa shape index (κ3) is 2.77. The SMILES string of the molecule is CCC(C)(Cn1nnnc1-c1ccc(Cl)cn1)C(=O)O. The molecule has 2 heterocycles. The summed E-state index contributed by atoms with van der Waals surface area (Å²) in [5.74, 6) is -0.465. The molecule has 0 aromatic carbocycles. The summed E-state index contributed by atoms with van der Waals surface area (Å²) in [6, 6.07) is 3.37. The number of aromatic nitrogens is 5. The van der Waals surface area contributed by atoms with E-state index in [4.69, 9.17) is 11.6 Å². The predicted octanol–water partition coefficient (Wildman–Crippen LogP) is 1.89. The van der Waals surface area contributed by atoms with Crippen molar-refractivity contribution in [3.05, 3.63) is 23.4 Å². The lowest BCUT2D eigenvalue weighted by Crippen LogP contribution is -2.32. The van der Waals surface area contributed by atoms with Crippen LogP contribution in [-0.4, -0.2) is 36.3 Å². The molecule has 0 fully saturated rings. The number of hydrogen-bond donors (Lipinski definition) is 1. The number of aliphatic carboxylic acids is 1. The minimum atomic E-state index is -0.934. The van der Waals surface area contributed by atoms with Crippen LogP contribution in [0, 0.1) is 5.41 Å². The quantitative estimate of drug-likeness (QED) is 0.905. The summed E-state index contributed by atoms with van der Waals surface area (Å²) >= 11 is 5.78. The highest BCUT2D eigenvalue weighted by molar-refractivity contribution is 6.30. The summed E-state index contributed by atoms with van der Waals surface area (Å²) < 4.78 is 1.45. The highest BCUT2D eigenvalue weighted by Crippen LogP contribution is 2.25. The first-order chi connectivity index (χ1) is 9.46. The Bertz CT molecular complexity index is 613. The van der Waals surface area contributed by atoms with E-state index in [9.17, 15) is 9.90 Å². The first-order valence-corrected chi connectivity index (χ1v) is 6.45. The second-order valence-corrected chi connectivity index (χ2v) is 5.18. The topological polar surface area (TPSA) is 93.8 Å². The molecule has 0 aliphatic heterocycles. The third-order valence-electron chi connectivity index (χ3n) is 3.28. The van der Waals surface area contributed by atoms with Crippen molar-refractivity contribution in [1.82, 2.24) is 25.2 Å². The number of rotatable bonds is 5. The van der Waals surface area contributed by atoms with Crippen molar-refractivity contribution in [3.8, 4) is 11.5 Å². The molecule has 1 atom stereocenters. The Hall–Kier alpha value is -2.02. The van der Waals surface area contributed by atoms with E-state index in [2.05, 4.69) is 20.5 Å². The number of pyridine rings is 1. The van der Waals surface area contributed by atoms with Crippen LogP contribution in [0.15, 0.2) is 18.3 Å². The molecular weight excluding hydrogens is 282 g/mol. The summed E-state index contributed by atoms with van der Waals surface area (Å²) in [7, 11) is 0. The van der Waals surface area contributed by atoms with Crippen LogP contribution in [0.3, 0.4) is 0 Å². The molecule has 0 spiro atoms. The molecular formula is C12H14ClN5O2. The van der Waals surface area contributed by atoms with Crippen LogP contribution in [0.4, 0.5) is 0 Å². The monoisotopic (exact) mass is 295 g/mol. The van der Waals surface area contributed by atoms with E-state index in [-0.39, 0.29) is 6.54 Å². The average molecular weight is 296 g/mol. The number of halogens is 1. The fourth-order valence-electron chi connectivity index (χ4n) is 1.66. The zero-order chi connectivity index (χ0) is 14.8. The van der Waals surface area contributed by atoms with Gasteiger partial charge in [0, 0.05) is 6.20 Å². The first kappa shape index (κ1) is 14.4. The largest absolute Gasteiger partial charge is 0.481 e. The van der Waals surface area contributed by atoms with Gasteiger partial charge in [-0.1, -0.05) is 18.5 Å². The molecule has 0 radical (unpaired) electrons. The molecule has 2 aromatic heterocycles. The molecule has 0 aliphatic rings. The molecule has 0 bridgehead atoms. The average Bonchev–Trinajstić information content (AvgIpc) is 2.87. The minimum absolute atomic E-state index is 0.172. The maximum absolute atomic E-state index is 11.4. The van der Waals surface area contributed by atoms with Gasteiger partial charge in [-0.3, -0.25) is 9.78 Å². The van der Waals surface area contributed by atoms with Crippen LogP contribution in [0.5, 0.6) is 0 Å². The summed E-state index contributed by atoms with van der Waals surface area (Å²) in [6.07, 6.45) is 1.96. The van der Waals surface area contributed by atoms with Crippen molar-refractivity contribution in [2.45, 2.75) is 26.8 Å². The van der Waals surface area contributed by atoms with Crippen LogP contribution >= 0.6 is 11.6 Å². The molecule has 2 rings (SSSR count). The van der Waals surface area contributed by atoms with Gasteiger partial charge in [-0.15, -0.1) is 5.10 Å². The lowest BCUT2D eigenvalue weighted by molar-refractivity contribution is -0.149. The van der Waals surface area contributed by atoms with E-state index in [0.29, 0.717) is 23.0 Å². The maximum Gasteiger partial charge on any atom is 0.311 e. The van der Waals surface area contributed by atoms with Crippen molar-refractivity contribution < 1.29 is 9.90 Å². The Balaban J connectivity index is 2.34. The van der Waals surface area contributed by atoms with Gasteiger partial charge in [0.15, 0.2) is 0 Å². The third-order valence-corrected chi connectivity index (χ3v) is 3.51. The van der Waals surface area contributed by atoms with Gasteiger partial charge in [-0.05, 0) is 35.9 Å². The van der Waals surface area contributed by atoms with Crippen molar-refractivity contribution in [1.29, 1.82) is 0 Å². The van der Waals surface area contributed by atoms with Crippen molar-refractivity contribution in [3.63, 3.8) is 0 Å². The zero-order valence-corrected chi connectivity index (χ0v) is 11.9. The molecule has 1 N–H and O–H groups in total. The number of carboxylic acids is 1. The number of nitrogens with zero attached hydrogens (tertiary/aromatic N) is 5. The molecule has 20 heavy (non-hydrogen) atoms. The van der Waals surface area contributed by atoms with Gasteiger partial charge in [0.25, 0.3) is 0 Å². The maximum atomic E-state index is 11.4. The number of carboxylic acid groups (broad SMARTS) is 1. The summed E-state index contributed by atoms with van der Waals surface area (Å²) in [4.78, 5) is 15.5. The predicted molar refractivity (Wildman–Crippen MR) is 72.1 cm³/mol. The standard InChI is InChI=1S/C12H14ClN5O2/c1-3-12(2,11(19)20)7-18-10(15-16-17-18)9-5-4-8(13)6-14-9/h4-6H,3,7H2,1-2H3,(H,19,20). The highest BCUT2D eigenvalue weighted by Gasteiger charge is 2.33. The molecule has 1 unspecified atom stereocenters. The Morgan fingerprint density at radius 2 is 2.25 bits per heavy atom. The van der Waals surface area contributed by atoms with E-state index in [1.54, 1.807) is 19.1 Å². The molecule has 0 saturated carbocycles. The smallest absolute Gasteiger partial charge is 0.311 e. The molecule has 0 amide bonds. The summed E-state index contributed by atoms with van der Waals surface area (Å²) in [6.45, 7) is 3.65. The summed E-state index contributed by atoms with van der Waals surface area (Å²) in [5.41, 5.74) is -0.389. The van der Waals surface area contributed by atoms with Crippen LogP contribution in [0.2, 0.25) is 5.02 Å². The van der Waals surface area contributed by atoms with Crippen LogP contribution in [0.25, 0.3) is 11.5 Å². The second kappa shape index (κ2) is 5.54. The van der Waals surface area contributed by atoms with Gasteiger partial charge in [0.1, 0.15) is 5.69 Å². The first-order valence-electron chi connectivity index (χ1n) is 6.08. The zero-order valence-electron chi connectivity index (χ0n) is 11.1. The Morgan fingerprint density at radius 3 is 2.80 bits per heavy atom. The molecule has 2 aromatic rings. The molecule has 106 valence electrons. The van der Waals surface area contributed by atoms with Gasteiger partial charge in [0.2, 0.25) is 5.82 Å². The van der Waals surface area contributed by atoms with Gasteiger partial charge >= 0.3 is 5.97 Å². The Labute approximate surface area is 120 Å². The summed E-state index contributed by atoms with van der Waals surface area (Å²) in [5, 5.41) is 21.2. The minimum Gasteiger partial charge on any atom is -0.481 e. The van der Waals surface area contributed by atoms with E-state index in [1.807, 2.05) is 6.92 Å². The normalized spacial score (nSPS) is 13.9. The van der Waals surface area contributed by atoms with E-state index >= 15 is 0 Å². The number of carbonyl (C=O) groups is 1. The van der Waals surface area contributed by atoms with Gasteiger partial charge in [-0.2, -0.15) is 0 Å². The molecule has 8 heteroatoms. The van der Waals surface area contributed by atoms with E-state index < -0.39 is 11.4 Å². The Morgan fingerprint density at radius 1 is 1.50 bits per heavy atom. The lowest BCUT2D eigenvalue weighted by Gasteiger charge is -2.22. The van der Waals surface area contributed by atoms with E-state index in [0.717, 1.165) is 0 Å². The highest BCUT2D eigenvalue weighted by atomic mass is 35.5. The lowest BCUT2D eigenvalue weighted by atomic mass is 9.88. The van der Waals surface area contributed by atoms with Gasteiger partial charge < -0.3 is 5.11 Å². The second-order valence-electron chi connectivity index (χ2n) is 4.74. The van der Waals surface area contributed by atoms with Gasteiger partial charge in [0.05, 0.1) is 17.0 Å². The molecule has 0 aliphatic carbocycles. The number of hydrogen-bond acceptors (Lipinski definition) is 5. The van der Waals surface area contributed by atoms with Crippen LogP contribution in [-0.2, 0) is 11.3 Å². The van der Waals surface area contributed by atoms with Crippen molar-refractivity contribution >= 4 is 17.6 Å². The van der Waals surface area contributed by atoms with Gasteiger partial charge in [-0.25, -0.2) is 4.68 Å². The molecule has 7 nitrogen and oxygen atoms in total. The van der Waals surface area contributed by atoms with Crippen molar-refractivity contribution in [2.75, 3.05) is 0 Å². The van der Waals surface area contributed by atoms with Crippen molar-refractivity contribution in [2.24, 2.45) is 5.41 Å². The Kier molecular flexibility index (Phi) is 3.99. The molecule has 0 saturated heterocycles. The number of tetrazole rings is 1. The van der Waals surface area contributed by atoms with E-state index in [1.165, 1.54) is 10.9 Å². The fourth-order valence-corrected chi connectivity index (χ4v) is 1.78.